The molecule has 3 rings (SSSR count). The number of halogens is 1. The molecule has 1 N–H and O–H groups in total. The smallest absolute Gasteiger partial charge is 0.339 e. The maximum Gasteiger partial charge on any atom is 0.339 e. The highest BCUT2D eigenvalue weighted by Gasteiger charge is 2.28. The lowest BCUT2D eigenvalue weighted by Gasteiger charge is -2.33. The van der Waals surface area contributed by atoms with Gasteiger partial charge in [-0.15, -0.1) is 0 Å². The standard InChI is InChI=1S/C19H22ClN3O4/c1-12-16(19(25)26)9-15(27-12)11-22(2)18(24)13-5-7-23(8-6-13)17-4-3-14(20)10-21-17/h3-4,9-10,13H,5-8,11H2,1-2H3,(H,25,26). The number of carboxylic acid groups (broad SMARTS) is 1. The van der Waals surface area contributed by atoms with Crippen LogP contribution in [0.1, 0.15) is 34.7 Å². The number of nitrogens with zero attached hydrogens (tertiary/aromatic N) is 3. The van der Waals surface area contributed by atoms with Gasteiger partial charge < -0.3 is 19.3 Å². The number of pyridine rings is 1. The monoisotopic (exact) mass is 391 g/mol. The molecule has 0 spiro atoms. The summed E-state index contributed by atoms with van der Waals surface area (Å²) in [6.45, 7) is 3.37. The normalized spacial score (nSPS) is 15.0. The summed E-state index contributed by atoms with van der Waals surface area (Å²) in [6, 6.07) is 5.18. The number of carbonyl (C=O) groups excluding carboxylic acids is 1. The van der Waals surface area contributed by atoms with E-state index in [0.29, 0.717) is 16.5 Å². The molecular formula is C19H22ClN3O4. The predicted octanol–water partition coefficient (Wildman–Crippen LogP) is 3.21. The van der Waals surface area contributed by atoms with Crippen LogP contribution >= 0.6 is 11.6 Å². The molecule has 0 aromatic carbocycles. The molecule has 0 aliphatic carbocycles. The number of rotatable bonds is 5. The van der Waals surface area contributed by atoms with Crippen LogP contribution in [-0.2, 0) is 11.3 Å². The van der Waals surface area contributed by atoms with Gasteiger partial charge in [0.2, 0.25) is 5.91 Å². The van der Waals surface area contributed by atoms with Crippen LogP contribution in [0, 0.1) is 12.8 Å². The highest BCUT2D eigenvalue weighted by molar-refractivity contribution is 6.30. The van der Waals surface area contributed by atoms with Gasteiger partial charge in [-0.2, -0.15) is 0 Å². The van der Waals surface area contributed by atoms with Gasteiger partial charge in [0, 0.05) is 32.3 Å². The third-order valence-electron chi connectivity index (χ3n) is 4.85. The van der Waals surface area contributed by atoms with E-state index >= 15 is 0 Å². The number of amides is 1. The van der Waals surface area contributed by atoms with Crippen LogP contribution in [0.4, 0.5) is 5.82 Å². The van der Waals surface area contributed by atoms with Gasteiger partial charge in [0.05, 0.1) is 11.6 Å². The first-order valence-electron chi connectivity index (χ1n) is 8.79. The van der Waals surface area contributed by atoms with E-state index in [0.717, 1.165) is 31.7 Å². The van der Waals surface area contributed by atoms with Crippen molar-refractivity contribution in [3.05, 3.63) is 46.5 Å². The van der Waals surface area contributed by atoms with Gasteiger partial charge in [-0.1, -0.05) is 11.6 Å². The van der Waals surface area contributed by atoms with Gasteiger partial charge in [0.1, 0.15) is 22.9 Å². The maximum absolute atomic E-state index is 12.7. The van der Waals surface area contributed by atoms with Gasteiger partial charge in [-0.25, -0.2) is 9.78 Å². The summed E-state index contributed by atoms with van der Waals surface area (Å²) in [7, 11) is 1.72. The summed E-state index contributed by atoms with van der Waals surface area (Å²) in [5.74, 6) is 0.648. The Balaban J connectivity index is 1.56. The molecule has 1 saturated heterocycles. The van der Waals surface area contributed by atoms with Crippen LogP contribution in [0.3, 0.4) is 0 Å². The van der Waals surface area contributed by atoms with Crippen LogP contribution in [-0.4, -0.2) is 47.0 Å². The molecule has 3 heterocycles. The number of piperidine rings is 1. The van der Waals surface area contributed by atoms with Gasteiger partial charge in [-0.3, -0.25) is 4.79 Å². The van der Waals surface area contributed by atoms with Crippen LogP contribution in [0.25, 0.3) is 0 Å². The Kier molecular flexibility index (Phi) is 5.70. The van der Waals surface area contributed by atoms with E-state index in [1.807, 2.05) is 12.1 Å². The summed E-state index contributed by atoms with van der Waals surface area (Å²) in [5, 5.41) is 9.70. The van der Waals surface area contributed by atoms with Crippen molar-refractivity contribution in [2.75, 3.05) is 25.0 Å². The fourth-order valence-corrected chi connectivity index (χ4v) is 3.48. The van der Waals surface area contributed by atoms with E-state index in [1.165, 1.54) is 6.07 Å². The number of aromatic nitrogens is 1. The Bertz CT molecular complexity index is 826. The van der Waals surface area contributed by atoms with Crippen LogP contribution in [0.15, 0.2) is 28.8 Å². The Labute approximate surface area is 162 Å². The van der Waals surface area contributed by atoms with Crippen molar-refractivity contribution >= 4 is 29.3 Å². The molecule has 0 radical (unpaired) electrons. The van der Waals surface area contributed by atoms with Crippen molar-refractivity contribution in [3.63, 3.8) is 0 Å². The lowest BCUT2D eigenvalue weighted by molar-refractivity contribution is -0.135. The highest BCUT2D eigenvalue weighted by Crippen LogP contribution is 2.25. The molecule has 1 aliphatic rings. The van der Waals surface area contributed by atoms with E-state index < -0.39 is 5.97 Å². The fourth-order valence-electron chi connectivity index (χ4n) is 3.37. The van der Waals surface area contributed by atoms with Gasteiger partial charge in [0.15, 0.2) is 0 Å². The van der Waals surface area contributed by atoms with Crippen molar-refractivity contribution in [1.29, 1.82) is 0 Å². The minimum Gasteiger partial charge on any atom is -0.478 e. The second kappa shape index (κ2) is 8.00. The van der Waals surface area contributed by atoms with Crippen molar-refractivity contribution in [1.82, 2.24) is 9.88 Å². The number of hydrogen-bond acceptors (Lipinski definition) is 5. The first-order valence-corrected chi connectivity index (χ1v) is 9.17. The minimum absolute atomic E-state index is 0.0460. The first-order chi connectivity index (χ1) is 12.8. The average Bonchev–Trinajstić information content (AvgIpc) is 3.02. The van der Waals surface area contributed by atoms with Crippen molar-refractivity contribution in [2.45, 2.75) is 26.3 Å². The molecule has 144 valence electrons. The highest BCUT2D eigenvalue weighted by atomic mass is 35.5. The first kappa shape index (κ1) is 19.2. The quantitative estimate of drug-likeness (QED) is 0.842. The number of aromatic carboxylic acids is 1. The molecule has 0 saturated carbocycles. The molecule has 1 aliphatic heterocycles. The van der Waals surface area contributed by atoms with E-state index in [4.69, 9.17) is 21.1 Å². The van der Waals surface area contributed by atoms with Crippen molar-refractivity contribution < 1.29 is 19.1 Å². The molecule has 0 unspecified atom stereocenters. The predicted molar refractivity (Wildman–Crippen MR) is 101 cm³/mol. The molecule has 7 nitrogen and oxygen atoms in total. The number of furan rings is 1. The SMILES string of the molecule is Cc1oc(CN(C)C(=O)C2CCN(c3ccc(Cl)cn3)CC2)cc1C(=O)O. The molecule has 0 bridgehead atoms. The number of carbonyl (C=O) groups is 2. The minimum atomic E-state index is -1.03. The Hall–Kier alpha value is -2.54. The maximum atomic E-state index is 12.7. The number of carboxylic acids is 1. The number of hydrogen-bond donors (Lipinski definition) is 1. The second-order valence-electron chi connectivity index (χ2n) is 6.78. The molecule has 2 aromatic rings. The van der Waals surface area contributed by atoms with E-state index in [9.17, 15) is 9.59 Å². The summed E-state index contributed by atoms with van der Waals surface area (Å²) < 4.78 is 5.47. The van der Waals surface area contributed by atoms with Crippen molar-refractivity contribution in [2.24, 2.45) is 5.92 Å². The largest absolute Gasteiger partial charge is 0.478 e. The van der Waals surface area contributed by atoms with E-state index in [1.54, 1.807) is 25.1 Å². The molecule has 8 heteroatoms. The van der Waals surface area contributed by atoms with E-state index in [2.05, 4.69) is 9.88 Å². The Morgan fingerprint density at radius 2 is 2.07 bits per heavy atom. The van der Waals surface area contributed by atoms with Crippen molar-refractivity contribution in [3.8, 4) is 0 Å². The Morgan fingerprint density at radius 3 is 2.63 bits per heavy atom. The third kappa shape index (κ3) is 4.42. The molecule has 27 heavy (non-hydrogen) atoms. The number of anilines is 1. The fraction of sp³-hybridized carbons (Fsp3) is 0.421. The topological polar surface area (TPSA) is 86.9 Å². The summed E-state index contributed by atoms with van der Waals surface area (Å²) in [4.78, 5) is 31.9. The Morgan fingerprint density at radius 1 is 1.37 bits per heavy atom. The van der Waals surface area contributed by atoms with Crippen LogP contribution < -0.4 is 4.90 Å². The third-order valence-corrected chi connectivity index (χ3v) is 5.07. The summed E-state index contributed by atoms with van der Waals surface area (Å²) in [5.41, 5.74) is 0.134. The second-order valence-corrected chi connectivity index (χ2v) is 7.21. The van der Waals surface area contributed by atoms with Gasteiger partial charge in [-0.05, 0) is 38.0 Å². The zero-order valence-electron chi connectivity index (χ0n) is 15.3. The lowest BCUT2D eigenvalue weighted by atomic mass is 9.95. The zero-order valence-corrected chi connectivity index (χ0v) is 16.1. The van der Waals surface area contributed by atoms with Gasteiger partial charge in [0.25, 0.3) is 0 Å². The van der Waals surface area contributed by atoms with Crippen LogP contribution in [0.5, 0.6) is 0 Å². The van der Waals surface area contributed by atoms with Crippen LogP contribution in [0.2, 0.25) is 5.02 Å². The van der Waals surface area contributed by atoms with Gasteiger partial charge >= 0.3 is 5.97 Å². The molecule has 0 atom stereocenters. The molecule has 2 aromatic heterocycles. The molecule has 1 amide bonds. The zero-order chi connectivity index (χ0) is 19.6. The average molecular weight is 392 g/mol. The molecular weight excluding hydrogens is 370 g/mol. The molecule has 1 fully saturated rings. The summed E-state index contributed by atoms with van der Waals surface area (Å²) in [6.07, 6.45) is 3.11. The van der Waals surface area contributed by atoms with E-state index in [-0.39, 0.29) is 23.9 Å². The number of aryl methyl sites for hydroxylation is 1. The lowest BCUT2D eigenvalue weighted by Crippen LogP contribution is -2.41. The summed E-state index contributed by atoms with van der Waals surface area (Å²) >= 11 is 5.87.